The van der Waals surface area contributed by atoms with Crippen LogP contribution in [-0.4, -0.2) is 25.0 Å². The van der Waals surface area contributed by atoms with E-state index >= 15 is 0 Å². The minimum atomic E-state index is -0.605. The number of hydrogen-bond acceptors (Lipinski definition) is 3. The van der Waals surface area contributed by atoms with Crippen LogP contribution in [0.5, 0.6) is 11.5 Å². The van der Waals surface area contributed by atoms with Crippen molar-refractivity contribution in [2.24, 2.45) is 5.41 Å². The Bertz CT molecular complexity index is 474. The van der Waals surface area contributed by atoms with E-state index in [2.05, 4.69) is 5.32 Å². The van der Waals surface area contributed by atoms with Crippen LogP contribution in [0.4, 0.5) is 5.69 Å². The standard InChI is InChI=1S/C14H18ClNO3/c1-14(2,9-15)13(17)16-10-4-5-11-12(8-10)19-7-3-6-18-11/h4-5,8H,3,6-7,9H2,1-2H3,(H,16,17). The van der Waals surface area contributed by atoms with E-state index < -0.39 is 5.41 Å². The number of alkyl halides is 1. The number of anilines is 1. The highest BCUT2D eigenvalue weighted by atomic mass is 35.5. The van der Waals surface area contributed by atoms with Gasteiger partial charge in [0, 0.05) is 24.1 Å². The summed E-state index contributed by atoms with van der Waals surface area (Å²) in [5, 5.41) is 2.84. The highest BCUT2D eigenvalue weighted by Gasteiger charge is 2.26. The van der Waals surface area contributed by atoms with Gasteiger partial charge >= 0.3 is 0 Å². The Morgan fingerprint density at radius 2 is 2.00 bits per heavy atom. The average molecular weight is 284 g/mol. The zero-order valence-electron chi connectivity index (χ0n) is 11.2. The van der Waals surface area contributed by atoms with Crippen molar-refractivity contribution in [3.05, 3.63) is 18.2 Å². The molecule has 1 aromatic rings. The number of benzene rings is 1. The Hall–Kier alpha value is -1.42. The van der Waals surface area contributed by atoms with E-state index in [-0.39, 0.29) is 11.8 Å². The molecule has 104 valence electrons. The number of amides is 1. The predicted octanol–water partition coefficient (Wildman–Crippen LogP) is 3.05. The van der Waals surface area contributed by atoms with Crippen LogP contribution in [0.2, 0.25) is 0 Å². The molecule has 0 radical (unpaired) electrons. The third-order valence-electron chi connectivity index (χ3n) is 2.95. The molecule has 0 fully saturated rings. The van der Waals surface area contributed by atoms with Gasteiger partial charge in [0.2, 0.25) is 5.91 Å². The second-order valence-corrected chi connectivity index (χ2v) is 5.45. The highest BCUT2D eigenvalue weighted by Crippen LogP contribution is 2.32. The Kier molecular flexibility index (Phi) is 4.20. The van der Waals surface area contributed by atoms with Gasteiger partial charge in [-0.1, -0.05) is 0 Å². The molecule has 1 aromatic carbocycles. The molecule has 0 bridgehead atoms. The summed E-state index contributed by atoms with van der Waals surface area (Å²) >= 11 is 5.79. The van der Waals surface area contributed by atoms with Crippen LogP contribution in [-0.2, 0) is 4.79 Å². The molecule has 0 saturated heterocycles. The van der Waals surface area contributed by atoms with Gasteiger partial charge in [0.1, 0.15) is 0 Å². The zero-order valence-corrected chi connectivity index (χ0v) is 11.9. The molecule has 1 amide bonds. The number of fused-ring (bicyclic) bond motifs is 1. The van der Waals surface area contributed by atoms with E-state index in [0.717, 1.165) is 6.42 Å². The fourth-order valence-electron chi connectivity index (χ4n) is 1.60. The number of carbonyl (C=O) groups excluding carboxylic acids is 1. The van der Waals surface area contributed by atoms with Gasteiger partial charge in [-0.05, 0) is 26.0 Å². The summed E-state index contributed by atoms with van der Waals surface area (Å²) in [6.45, 7) is 4.88. The Balaban J connectivity index is 2.14. The van der Waals surface area contributed by atoms with Gasteiger partial charge < -0.3 is 14.8 Å². The van der Waals surface area contributed by atoms with Crippen LogP contribution in [0.15, 0.2) is 18.2 Å². The second-order valence-electron chi connectivity index (χ2n) is 5.18. The Morgan fingerprint density at radius 3 is 2.68 bits per heavy atom. The lowest BCUT2D eigenvalue weighted by Crippen LogP contribution is -2.32. The van der Waals surface area contributed by atoms with Crippen molar-refractivity contribution in [1.82, 2.24) is 0 Å². The monoisotopic (exact) mass is 283 g/mol. The van der Waals surface area contributed by atoms with Gasteiger partial charge in [-0.2, -0.15) is 0 Å². The van der Waals surface area contributed by atoms with E-state index in [9.17, 15) is 4.79 Å². The number of carbonyl (C=O) groups is 1. The van der Waals surface area contributed by atoms with E-state index in [4.69, 9.17) is 21.1 Å². The van der Waals surface area contributed by atoms with Crippen LogP contribution in [0.25, 0.3) is 0 Å². The molecule has 0 aromatic heterocycles. The molecule has 0 spiro atoms. The van der Waals surface area contributed by atoms with Gasteiger partial charge in [0.15, 0.2) is 11.5 Å². The molecule has 0 saturated carbocycles. The minimum absolute atomic E-state index is 0.114. The quantitative estimate of drug-likeness (QED) is 0.868. The molecule has 1 heterocycles. The van der Waals surface area contributed by atoms with E-state index in [0.29, 0.717) is 30.4 Å². The maximum atomic E-state index is 12.0. The van der Waals surface area contributed by atoms with Crippen molar-refractivity contribution in [1.29, 1.82) is 0 Å². The first-order valence-corrected chi connectivity index (χ1v) is 6.83. The first-order valence-electron chi connectivity index (χ1n) is 6.30. The Labute approximate surface area is 118 Å². The molecule has 1 aliphatic heterocycles. The summed E-state index contributed by atoms with van der Waals surface area (Å²) in [4.78, 5) is 12.0. The molecule has 2 rings (SSSR count). The molecule has 1 N–H and O–H groups in total. The summed E-state index contributed by atoms with van der Waals surface area (Å²) in [6.07, 6.45) is 0.857. The summed E-state index contributed by atoms with van der Waals surface area (Å²) in [5.74, 6) is 1.53. The van der Waals surface area contributed by atoms with Gasteiger partial charge in [-0.3, -0.25) is 4.79 Å². The van der Waals surface area contributed by atoms with Gasteiger partial charge in [0.25, 0.3) is 0 Å². The van der Waals surface area contributed by atoms with E-state index in [1.54, 1.807) is 26.0 Å². The normalized spacial score (nSPS) is 14.7. The predicted molar refractivity (Wildman–Crippen MR) is 75.2 cm³/mol. The summed E-state index contributed by atoms with van der Waals surface area (Å²) in [5.41, 5.74) is 0.0820. The fraction of sp³-hybridized carbons (Fsp3) is 0.500. The molecular formula is C14H18ClNO3. The number of ether oxygens (including phenoxy) is 2. The lowest BCUT2D eigenvalue weighted by Gasteiger charge is -2.20. The van der Waals surface area contributed by atoms with Crippen LogP contribution in [0.3, 0.4) is 0 Å². The topological polar surface area (TPSA) is 47.6 Å². The lowest BCUT2D eigenvalue weighted by atomic mass is 9.95. The highest BCUT2D eigenvalue weighted by molar-refractivity contribution is 6.20. The molecule has 5 heteroatoms. The molecule has 4 nitrogen and oxygen atoms in total. The first kappa shape index (κ1) is 14.0. The van der Waals surface area contributed by atoms with Crippen LogP contribution in [0, 0.1) is 5.41 Å². The minimum Gasteiger partial charge on any atom is -0.490 e. The molecular weight excluding hydrogens is 266 g/mol. The van der Waals surface area contributed by atoms with Gasteiger partial charge in [0.05, 0.1) is 18.6 Å². The van der Waals surface area contributed by atoms with Crippen molar-refractivity contribution in [3.8, 4) is 11.5 Å². The SMILES string of the molecule is CC(C)(CCl)C(=O)Nc1ccc2c(c1)OCCCO2. The van der Waals surface area contributed by atoms with Gasteiger partial charge in [-0.25, -0.2) is 0 Å². The van der Waals surface area contributed by atoms with Crippen molar-refractivity contribution in [3.63, 3.8) is 0 Å². The fourth-order valence-corrected chi connectivity index (χ4v) is 1.72. The van der Waals surface area contributed by atoms with Crippen molar-refractivity contribution in [2.45, 2.75) is 20.3 Å². The average Bonchev–Trinajstić information content (AvgIpc) is 2.63. The molecule has 0 atom stereocenters. The molecule has 0 aliphatic carbocycles. The maximum Gasteiger partial charge on any atom is 0.231 e. The summed E-state index contributed by atoms with van der Waals surface area (Å²) in [6, 6.07) is 5.39. The Morgan fingerprint density at radius 1 is 1.32 bits per heavy atom. The smallest absolute Gasteiger partial charge is 0.231 e. The maximum absolute atomic E-state index is 12.0. The molecule has 19 heavy (non-hydrogen) atoms. The number of rotatable bonds is 3. The van der Waals surface area contributed by atoms with Crippen LogP contribution in [0.1, 0.15) is 20.3 Å². The third kappa shape index (κ3) is 3.32. The summed E-state index contributed by atoms with van der Waals surface area (Å²) in [7, 11) is 0. The van der Waals surface area contributed by atoms with Crippen LogP contribution < -0.4 is 14.8 Å². The summed E-state index contributed by atoms with van der Waals surface area (Å²) < 4.78 is 11.1. The molecule has 1 aliphatic rings. The van der Waals surface area contributed by atoms with Crippen LogP contribution >= 0.6 is 11.6 Å². The lowest BCUT2D eigenvalue weighted by molar-refractivity contribution is -0.122. The van der Waals surface area contributed by atoms with Crippen molar-refractivity contribution in [2.75, 3.05) is 24.4 Å². The van der Waals surface area contributed by atoms with Crippen molar-refractivity contribution < 1.29 is 14.3 Å². The molecule has 0 unspecified atom stereocenters. The van der Waals surface area contributed by atoms with E-state index in [1.807, 2.05) is 6.07 Å². The van der Waals surface area contributed by atoms with Gasteiger partial charge in [-0.15, -0.1) is 11.6 Å². The van der Waals surface area contributed by atoms with Crippen molar-refractivity contribution >= 4 is 23.2 Å². The first-order chi connectivity index (χ1) is 9.03. The zero-order chi connectivity index (χ0) is 13.9. The number of halogens is 1. The number of hydrogen-bond donors (Lipinski definition) is 1. The second kappa shape index (κ2) is 5.70. The number of nitrogens with one attached hydrogen (secondary N) is 1. The third-order valence-corrected chi connectivity index (χ3v) is 3.62. The van der Waals surface area contributed by atoms with E-state index in [1.165, 1.54) is 0 Å². The largest absolute Gasteiger partial charge is 0.490 e.